The number of ether oxygens (including phenoxy) is 3. The van der Waals surface area contributed by atoms with Crippen LogP contribution in [0.4, 0.5) is 0 Å². The number of esters is 3. The number of rotatable bonds is 60. The molecule has 0 aromatic carbocycles. The summed E-state index contributed by atoms with van der Waals surface area (Å²) in [6.45, 7) is 6.48. The fourth-order valence-corrected chi connectivity index (χ4v) is 9.49. The third-order valence-corrected chi connectivity index (χ3v) is 14.4. The highest BCUT2D eigenvalue weighted by atomic mass is 16.6. The van der Waals surface area contributed by atoms with E-state index in [4.69, 9.17) is 14.2 Å². The lowest BCUT2D eigenvalue weighted by Gasteiger charge is -2.18. The molecule has 0 aromatic heterocycles. The third-order valence-electron chi connectivity index (χ3n) is 14.4. The zero-order chi connectivity index (χ0) is 55.0. The molecular formula is C70H124O6. The predicted octanol–water partition coefficient (Wildman–Crippen LogP) is 22.5. The lowest BCUT2D eigenvalue weighted by Crippen LogP contribution is -2.30. The Morgan fingerprint density at radius 2 is 0.539 bits per heavy atom. The van der Waals surface area contributed by atoms with E-state index in [1.54, 1.807) is 0 Å². The highest BCUT2D eigenvalue weighted by Crippen LogP contribution is 2.17. The maximum atomic E-state index is 12.9. The molecule has 0 heterocycles. The van der Waals surface area contributed by atoms with E-state index in [0.29, 0.717) is 19.3 Å². The first-order valence-corrected chi connectivity index (χ1v) is 32.9. The Hall–Kier alpha value is -3.15. The smallest absolute Gasteiger partial charge is 0.306 e. The van der Waals surface area contributed by atoms with Crippen molar-refractivity contribution < 1.29 is 28.6 Å². The van der Waals surface area contributed by atoms with Gasteiger partial charge in [0.05, 0.1) is 0 Å². The predicted molar refractivity (Wildman–Crippen MR) is 330 cm³/mol. The van der Waals surface area contributed by atoms with Crippen LogP contribution >= 0.6 is 0 Å². The summed E-state index contributed by atoms with van der Waals surface area (Å²) in [6, 6.07) is 0. The molecule has 0 saturated carbocycles. The highest BCUT2D eigenvalue weighted by Gasteiger charge is 2.19. The topological polar surface area (TPSA) is 78.9 Å². The van der Waals surface area contributed by atoms with E-state index in [0.717, 1.165) is 103 Å². The van der Waals surface area contributed by atoms with Crippen molar-refractivity contribution in [1.29, 1.82) is 0 Å². The molecule has 6 nitrogen and oxygen atoms in total. The molecule has 0 radical (unpaired) electrons. The molecule has 6 heteroatoms. The molecule has 0 saturated heterocycles. The largest absolute Gasteiger partial charge is 0.462 e. The summed E-state index contributed by atoms with van der Waals surface area (Å²) >= 11 is 0. The minimum atomic E-state index is -0.780. The summed E-state index contributed by atoms with van der Waals surface area (Å²) in [4.78, 5) is 38.2. The van der Waals surface area contributed by atoms with Gasteiger partial charge in [0.1, 0.15) is 13.2 Å². The van der Waals surface area contributed by atoms with Crippen LogP contribution in [-0.4, -0.2) is 37.2 Å². The molecule has 0 aliphatic rings. The number of hydrogen-bond acceptors (Lipinski definition) is 6. The zero-order valence-corrected chi connectivity index (χ0v) is 50.5. The second-order valence-electron chi connectivity index (χ2n) is 22.0. The average molecular weight is 1060 g/mol. The van der Waals surface area contributed by atoms with Gasteiger partial charge in [-0.25, -0.2) is 0 Å². The Morgan fingerprint density at radius 3 is 0.868 bits per heavy atom. The molecule has 0 N–H and O–H groups in total. The Balaban J connectivity index is 4.06. The molecular weight excluding hydrogens is 937 g/mol. The number of hydrogen-bond donors (Lipinski definition) is 0. The Bertz CT molecular complexity index is 1400. The van der Waals surface area contributed by atoms with Gasteiger partial charge in [-0.05, 0) is 103 Å². The molecule has 0 aliphatic heterocycles. The zero-order valence-electron chi connectivity index (χ0n) is 50.5. The molecule has 1 unspecified atom stereocenters. The molecule has 0 spiro atoms. The van der Waals surface area contributed by atoms with E-state index in [1.807, 2.05) is 0 Å². The molecule has 76 heavy (non-hydrogen) atoms. The lowest BCUT2D eigenvalue weighted by molar-refractivity contribution is -0.167. The quantitative estimate of drug-likeness (QED) is 0.0261. The van der Waals surface area contributed by atoms with Crippen LogP contribution in [-0.2, 0) is 28.6 Å². The molecule has 0 aromatic rings. The van der Waals surface area contributed by atoms with Crippen LogP contribution < -0.4 is 0 Å². The van der Waals surface area contributed by atoms with Gasteiger partial charge in [0.25, 0.3) is 0 Å². The van der Waals surface area contributed by atoms with Crippen LogP contribution in [0.5, 0.6) is 0 Å². The maximum absolute atomic E-state index is 12.9. The van der Waals surface area contributed by atoms with Gasteiger partial charge in [-0.2, -0.15) is 0 Å². The van der Waals surface area contributed by atoms with Crippen LogP contribution in [0, 0.1) is 0 Å². The van der Waals surface area contributed by atoms with Gasteiger partial charge in [0, 0.05) is 19.3 Å². The molecule has 0 amide bonds. The van der Waals surface area contributed by atoms with Crippen LogP contribution in [0.3, 0.4) is 0 Å². The lowest BCUT2D eigenvalue weighted by atomic mass is 10.0. The summed E-state index contributed by atoms with van der Waals surface area (Å²) in [7, 11) is 0. The van der Waals surface area contributed by atoms with Crippen molar-refractivity contribution >= 4 is 17.9 Å². The monoisotopic (exact) mass is 1060 g/mol. The Morgan fingerprint density at radius 1 is 0.276 bits per heavy atom. The van der Waals surface area contributed by atoms with Crippen molar-refractivity contribution in [2.75, 3.05) is 13.2 Å². The molecule has 0 bridgehead atoms. The van der Waals surface area contributed by atoms with Gasteiger partial charge in [0.15, 0.2) is 6.10 Å². The minimum absolute atomic E-state index is 0.0772. The van der Waals surface area contributed by atoms with E-state index in [1.165, 1.54) is 193 Å². The Labute approximate surface area is 472 Å². The molecule has 0 fully saturated rings. The first-order chi connectivity index (χ1) is 37.5. The summed E-state index contributed by atoms with van der Waals surface area (Å²) in [5.74, 6) is -0.882. The van der Waals surface area contributed by atoms with Crippen LogP contribution in [0.1, 0.15) is 335 Å². The van der Waals surface area contributed by atoms with Gasteiger partial charge in [-0.3, -0.25) is 14.4 Å². The van der Waals surface area contributed by atoms with E-state index >= 15 is 0 Å². The molecule has 0 rings (SSSR count). The van der Waals surface area contributed by atoms with Crippen molar-refractivity contribution in [3.05, 3.63) is 72.9 Å². The van der Waals surface area contributed by atoms with Crippen molar-refractivity contribution in [1.82, 2.24) is 0 Å². The molecule has 0 aliphatic carbocycles. The fourth-order valence-electron chi connectivity index (χ4n) is 9.49. The summed E-state index contributed by atoms with van der Waals surface area (Å²) in [6.07, 6.45) is 83.7. The normalized spacial score (nSPS) is 12.5. The molecule has 440 valence electrons. The van der Waals surface area contributed by atoms with E-state index < -0.39 is 6.10 Å². The fraction of sp³-hybridized carbons (Fsp3) is 0.786. The van der Waals surface area contributed by atoms with Gasteiger partial charge in [-0.15, -0.1) is 0 Å². The first-order valence-electron chi connectivity index (χ1n) is 32.9. The minimum Gasteiger partial charge on any atom is -0.462 e. The first kappa shape index (κ1) is 72.8. The van der Waals surface area contributed by atoms with Crippen LogP contribution in [0.15, 0.2) is 72.9 Å². The number of unbranched alkanes of at least 4 members (excludes halogenated alkanes) is 37. The second kappa shape index (κ2) is 64.4. The molecule has 1 atom stereocenters. The summed E-state index contributed by atoms with van der Waals surface area (Å²) in [5.41, 5.74) is 0. The Kier molecular flexibility index (Phi) is 61.7. The van der Waals surface area contributed by atoms with Gasteiger partial charge in [0.2, 0.25) is 0 Å². The number of allylic oxidation sites excluding steroid dienone is 12. The van der Waals surface area contributed by atoms with Crippen LogP contribution in [0.25, 0.3) is 0 Å². The maximum Gasteiger partial charge on any atom is 0.306 e. The highest BCUT2D eigenvalue weighted by molar-refractivity contribution is 5.71. The van der Waals surface area contributed by atoms with E-state index in [-0.39, 0.29) is 31.1 Å². The van der Waals surface area contributed by atoms with Crippen molar-refractivity contribution in [2.24, 2.45) is 0 Å². The van der Waals surface area contributed by atoms with E-state index in [2.05, 4.69) is 93.7 Å². The number of carbonyl (C=O) groups excluding carboxylic acids is 3. The SMILES string of the molecule is CC/C=C\C/C=C\C/C=C\C/C=C\CCCCCCCCCCCCCCCCCCCCCCC(=O)OCC(COC(=O)CCCCCCC/C=C\CCC)OC(=O)CCCCCCC/C=C\CCCCCCCC. The van der Waals surface area contributed by atoms with E-state index in [9.17, 15) is 14.4 Å². The average Bonchev–Trinajstić information content (AvgIpc) is 3.42. The van der Waals surface area contributed by atoms with Crippen molar-refractivity contribution in [3.8, 4) is 0 Å². The van der Waals surface area contributed by atoms with Gasteiger partial charge < -0.3 is 14.2 Å². The summed E-state index contributed by atoms with van der Waals surface area (Å²) < 4.78 is 16.9. The van der Waals surface area contributed by atoms with Crippen molar-refractivity contribution in [3.63, 3.8) is 0 Å². The van der Waals surface area contributed by atoms with Crippen molar-refractivity contribution in [2.45, 2.75) is 341 Å². The second-order valence-corrected chi connectivity index (χ2v) is 22.0. The standard InChI is InChI=1S/C70H124O6/c1-4-7-10-13-16-19-22-24-26-27-28-29-30-31-32-33-34-35-36-37-38-39-40-41-42-43-45-46-48-51-54-57-60-63-69(72)75-66-67(65-74-68(71)62-59-56-53-50-21-18-15-12-9-6-3)76-70(73)64-61-58-55-52-49-47-44-25-23-20-17-14-11-8-5-2/h7,10,12,15-16,19,24-26,28-29,44,67H,4-6,8-9,11,13-14,17-18,20-23,27,30-43,45-66H2,1-3H3/b10-7-,15-12-,19-16-,26-24-,29-28-,44-25-. The number of carbonyl (C=O) groups is 3. The van der Waals surface area contributed by atoms with Gasteiger partial charge in [-0.1, -0.05) is 286 Å². The van der Waals surface area contributed by atoms with Gasteiger partial charge >= 0.3 is 17.9 Å². The summed E-state index contributed by atoms with van der Waals surface area (Å²) in [5, 5.41) is 0. The van der Waals surface area contributed by atoms with Crippen LogP contribution in [0.2, 0.25) is 0 Å². The third kappa shape index (κ3) is 61.7.